The minimum absolute atomic E-state index is 0.0445. The Hall–Kier alpha value is -3.32. The Kier molecular flexibility index (Phi) is 10.8. The van der Waals surface area contributed by atoms with Gasteiger partial charge in [0.05, 0.1) is 20.8 Å². The van der Waals surface area contributed by atoms with Gasteiger partial charge in [0.1, 0.15) is 6.54 Å². The minimum Gasteiger partial charge on any atom is -0.493 e. The van der Waals surface area contributed by atoms with Crippen molar-refractivity contribution >= 4 is 23.2 Å². The Morgan fingerprint density at radius 2 is 1.58 bits per heavy atom. The van der Waals surface area contributed by atoms with Crippen LogP contribution in [0.4, 0.5) is 0 Å². The summed E-state index contributed by atoms with van der Waals surface area (Å²) < 4.78 is 10.8. The second-order valence-corrected chi connectivity index (χ2v) is 11.3. The summed E-state index contributed by atoms with van der Waals surface area (Å²) in [5.41, 5.74) is 2.84. The van der Waals surface area contributed by atoms with Crippen LogP contribution in [0.5, 0.6) is 11.5 Å². The monoisotopic (exact) mass is 536 g/mol. The van der Waals surface area contributed by atoms with E-state index in [0.29, 0.717) is 43.1 Å². The summed E-state index contributed by atoms with van der Waals surface area (Å²) in [6.07, 6.45) is 1.58. The molecule has 0 aliphatic carbocycles. The summed E-state index contributed by atoms with van der Waals surface area (Å²) in [6.45, 7) is 9.88. The fraction of sp³-hybridized carbons (Fsp3) is 0.419. The SMILES string of the molecule is CCc1ccc(C(=O)N(CC(=O)N(CCc2ccc(OC)c(OC)c2)Cc2ccc(C)s2)CC(C)C)cc1. The number of aryl methyl sites for hydroxylation is 2. The standard InChI is InChI=1S/C31H40N2O4S/c1-7-24-9-12-26(13-10-24)31(35)33(19-22(2)3)21-30(34)32(20-27-14-8-23(4)38-27)17-16-25-11-15-28(36-5)29(18-25)37-6/h8-15,18,22H,7,16-17,19-21H2,1-6H3. The van der Waals surface area contributed by atoms with Gasteiger partial charge in [-0.25, -0.2) is 0 Å². The zero-order valence-electron chi connectivity index (χ0n) is 23.5. The lowest BCUT2D eigenvalue weighted by Crippen LogP contribution is -2.44. The van der Waals surface area contributed by atoms with Gasteiger partial charge in [0.2, 0.25) is 5.91 Å². The third-order valence-corrected chi connectivity index (χ3v) is 7.41. The molecule has 7 heteroatoms. The molecule has 0 spiro atoms. The first-order chi connectivity index (χ1) is 18.2. The molecule has 0 saturated carbocycles. The lowest BCUT2D eigenvalue weighted by Gasteiger charge is -2.29. The summed E-state index contributed by atoms with van der Waals surface area (Å²) in [4.78, 5) is 33.0. The van der Waals surface area contributed by atoms with Gasteiger partial charge in [-0.2, -0.15) is 0 Å². The van der Waals surface area contributed by atoms with E-state index >= 15 is 0 Å². The number of thiophene rings is 1. The molecule has 0 saturated heterocycles. The molecule has 3 aromatic rings. The van der Waals surface area contributed by atoms with Crippen LogP contribution in [0.3, 0.4) is 0 Å². The van der Waals surface area contributed by atoms with Gasteiger partial charge in [0.25, 0.3) is 5.91 Å². The fourth-order valence-electron chi connectivity index (χ4n) is 4.34. The molecule has 0 bridgehead atoms. The molecule has 0 fully saturated rings. The lowest BCUT2D eigenvalue weighted by atomic mass is 10.1. The molecule has 0 aliphatic heterocycles. The summed E-state index contributed by atoms with van der Waals surface area (Å²) in [5.74, 6) is 1.41. The lowest BCUT2D eigenvalue weighted by molar-refractivity contribution is -0.132. The number of carbonyl (C=O) groups is 2. The molecule has 1 heterocycles. The number of ether oxygens (including phenoxy) is 2. The van der Waals surface area contributed by atoms with Crippen molar-refractivity contribution < 1.29 is 19.1 Å². The first-order valence-corrected chi connectivity index (χ1v) is 14.0. The molecular weight excluding hydrogens is 496 g/mol. The third kappa shape index (κ3) is 8.09. The third-order valence-electron chi connectivity index (χ3n) is 6.42. The molecule has 2 aromatic carbocycles. The smallest absolute Gasteiger partial charge is 0.254 e. The molecule has 38 heavy (non-hydrogen) atoms. The van der Waals surface area contributed by atoms with E-state index in [1.807, 2.05) is 47.4 Å². The van der Waals surface area contributed by atoms with Crippen molar-refractivity contribution in [1.82, 2.24) is 9.80 Å². The van der Waals surface area contributed by atoms with Crippen LogP contribution in [0.15, 0.2) is 54.6 Å². The second kappa shape index (κ2) is 14.0. The van der Waals surface area contributed by atoms with Crippen molar-refractivity contribution in [2.45, 2.75) is 47.1 Å². The van der Waals surface area contributed by atoms with Crippen LogP contribution in [0.1, 0.15) is 52.0 Å². The van der Waals surface area contributed by atoms with Gasteiger partial charge in [0.15, 0.2) is 11.5 Å². The first-order valence-electron chi connectivity index (χ1n) is 13.2. The van der Waals surface area contributed by atoms with E-state index in [0.717, 1.165) is 16.9 Å². The molecule has 0 unspecified atom stereocenters. The molecule has 204 valence electrons. The molecule has 1 aromatic heterocycles. The Labute approximate surface area is 231 Å². The van der Waals surface area contributed by atoms with Crippen LogP contribution in [0.2, 0.25) is 0 Å². The summed E-state index contributed by atoms with van der Waals surface area (Å²) in [5, 5.41) is 0. The number of amides is 2. The van der Waals surface area contributed by atoms with Crippen molar-refractivity contribution in [3.8, 4) is 11.5 Å². The number of carbonyl (C=O) groups excluding carboxylic acids is 2. The van der Waals surface area contributed by atoms with Crippen LogP contribution < -0.4 is 9.47 Å². The number of benzene rings is 2. The molecule has 0 radical (unpaired) electrons. The average molecular weight is 537 g/mol. The average Bonchev–Trinajstić information content (AvgIpc) is 3.34. The molecule has 2 amide bonds. The highest BCUT2D eigenvalue weighted by atomic mass is 32.1. The highest BCUT2D eigenvalue weighted by molar-refractivity contribution is 7.11. The van der Waals surface area contributed by atoms with Gasteiger partial charge < -0.3 is 19.3 Å². The summed E-state index contributed by atoms with van der Waals surface area (Å²) in [6, 6.07) is 17.7. The van der Waals surface area contributed by atoms with Crippen LogP contribution in [0, 0.1) is 12.8 Å². The van der Waals surface area contributed by atoms with Gasteiger partial charge in [-0.1, -0.05) is 39.0 Å². The normalized spacial score (nSPS) is 10.9. The number of hydrogen-bond acceptors (Lipinski definition) is 5. The fourth-order valence-corrected chi connectivity index (χ4v) is 5.25. The van der Waals surface area contributed by atoms with Crippen LogP contribution in [-0.2, 0) is 24.2 Å². The molecule has 0 aliphatic rings. The van der Waals surface area contributed by atoms with E-state index in [9.17, 15) is 9.59 Å². The predicted octanol–water partition coefficient (Wildman–Crippen LogP) is 6.01. The molecule has 6 nitrogen and oxygen atoms in total. The number of nitrogens with zero attached hydrogens (tertiary/aromatic N) is 2. The minimum atomic E-state index is -0.110. The van der Waals surface area contributed by atoms with E-state index in [1.54, 1.807) is 30.5 Å². The van der Waals surface area contributed by atoms with Crippen molar-refractivity contribution in [3.63, 3.8) is 0 Å². The summed E-state index contributed by atoms with van der Waals surface area (Å²) >= 11 is 1.69. The van der Waals surface area contributed by atoms with E-state index in [4.69, 9.17) is 9.47 Å². The quantitative estimate of drug-likeness (QED) is 0.269. The maximum atomic E-state index is 13.7. The number of hydrogen-bond donors (Lipinski definition) is 0. The topological polar surface area (TPSA) is 59.1 Å². The number of rotatable bonds is 13. The molecule has 0 N–H and O–H groups in total. The van der Waals surface area contributed by atoms with Crippen molar-refractivity contribution in [2.24, 2.45) is 5.92 Å². The Balaban J connectivity index is 1.80. The van der Waals surface area contributed by atoms with Crippen LogP contribution in [-0.4, -0.2) is 55.5 Å². The van der Waals surface area contributed by atoms with E-state index < -0.39 is 0 Å². The second-order valence-electron chi connectivity index (χ2n) is 9.90. The van der Waals surface area contributed by atoms with Gasteiger partial charge >= 0.3 is 0 Å². The van der Waals surface area contributed by atoms with Gasteiger partial charge in [-0.3, -0.25) is 9.59 Å². The highest BCUT2D eigenvalue weighted by Gasteiger charge is 2.24. The Bertz CT molecular complexity index is 1200. The molecule has 0 atom stereocenters. The highest BCUT2D eigenvalue weighted by Crippen LogP contribution is 2.28. The maximum absolute atomic E-state index is 13.7. The van der Waals surface area contributed by atoms with Gasteiger partial charge in [0, 0.05) is 28.4 Å². The van der Waals surface area contributed by atoms with E-state index in [1.165, 1.54) is 10.4 Å². The maximum Gasteiger partial charge on any atom is 0.254 e. The predicted molar refractivity (Wildman–Crippen MR) is 154 cm³/mol. The number of methoxy groups -OCH3 is 2. The Morgan fingerprint density at radius 1 is 0.895 bits per heavy atom. The summed E-state index contributed by atoms with van der Waals surface area (Å²) in [7, 11) is 3.23. The van der Waals surface area contributed by atoms with Crippen molar-refractivity contribution in [1.29, 1.82) is 0 Å². The van der Waals surface area contributed by atoms with Crippen LogP contribution in [0.25, 0.3) is 0 Å². The molecule has 3 rings (SSSR count). The van der Waals surface area contributed by atoms with E-state index in [-0.39, 0.29) is 24.3 Å². The van der Waals surface area contributed by atoms with Gasteiger partial charge in [-0.05, 0) is 73.2 Å². The largest absolute Gasteiger partial charge is 0.493 e. The van der Waals surface area contributed by atoms with Crippen molar-refractivity contribution in [3.05, 3.63) is 81.0 Å². The van der Waals surface area contributed by atoms with Gasteiger partial charge in [-0.15, -0.1) is 11.3 Å². The Morgan fingerprint density at radius 3 is 2.16 bits per heavy atom. The van der Waals surface area contributed by atoms with Crippen molar-refractivity contribution in [2.75, 3.05) is 33.9 Å². The zero-order chi connectivity index (χ0) is 27.7. The molecular formula is C31H40N2O4S. The zero-order valence-corrected chi connectivity index (χ0v) is 24.3. The van der Waals surface area contributed by atoms with E-state index in [2.05, 4.69) is 39.8 Å². The first kappa shape index (κ1) is 29.2. The van der Waals surface area contributed by atoms with Crippen LogP contribution >= 0.6 is 11.3 Å².